The molecule has 6 nitrogen and oxygen atoms in total. The number of nitrogens with one attached hydrogen (secondary N) is 2. The highest BCUT2D eigenvalue weighted by Crippen LogP contribution is 2.12. The van der Waals surface area contributed by atoms with E-state index in [1.54, 1.807) is 0 Å². The van der Waals surface area contributed by atoms with Crippen molar-refractivity contribution < 1.29 is 19.7 Å². The number of aliphatic hydroxyl groups excluding tert-OH is 2. The lowest BCUT2D eigenvalue weighted by Gasteiger charge is -2.15. The van der Waals surface area contributed by atoms with Crippen molar-refractivity contribution in [1.82, 2.24) is 10.6 Å². The summed E-state index contributed by atoms with van der Waals surface area (Å²) in [6.45, 7) is 2.63. The average molecular weight is 294 g/mol. The van der Waals surface area contributed by atoms with Gasteiger partial charge in [0.05, 0.1) is 12.1 Å². The summed E-state index contributed by atoms with van der Waals surface area (Å²) in [6, 6.07) is 7.17. The molecule has 2 rings (SSSR count). The van der Waals surface area contributed by atoms with Crippen LogP contribution >= 0.6 is 0 Å². The van der Waals surface area contributed by atoms with Crippen LogP contribution in [0.1, 0.15) is 12.0 Å². The predicted octanol–water partition coefficient (Wildman–Crippen LogP) is -0.426. The molecule has 3 atom stereocenters. The van der Waals surface area contributed by atoms with Gasteiger partial charge >= 0.3 is 0 Å². The summed E-state index contributed by atoms with van der Waals surface area (Å²) in [6.07, 6.45) is -0.849. The van der Waals surface area contributed by atoms with Gasteiger partial charge in [0.1, 0.15) is 18.5 Å². The number of carbonyl (C=O) groups is 1. The second-order valence-electron chi connectivity index (χ2n) is 5.38. The summed E-state index contributed by atoms with van der Waals surface area (Å²) < 4.78 is 5.47. The van der Waals surface area contributed by atoms with Crippen LogP contribution in [-0.2, 0) is 4.79 Å². The number of carbonyl (C=O) groups excluding carboxylic acids is 1. The molecule has 1 heterocycles. The predicted molar refractivity (Wildman–Crippen MR) is 78.1 cm³/mol. The van der Waals surface area contributed by atoms with Crippen LogP contribution in [0.3, 0.4) is 0 Å². The Bertz CT molecular complexity index is 480. The van der Waals surface area contributed by atoms with Crippen LogP contribution in [0, 0.1) is 6.92 Å². The molecule has 0 unspecified atom stereocenters. The van der Waals surface area contributed by atoms with Gasteiger partial charge in [-0.1, -0.05) is 12.1 Å². The number of amides is 1. The van der Waals surface area contributed by atoms with Crippen LogP contribution in [0.5, 0.6) is 5.75 Å². The van der Waals surface area contributed by atoms with Gasteiger partial charge in [-0.05, 0) is 31.0 Å². The number of hydrogen-bond donors (Lipinski definition) is 4. The van der Waals surface area contributed by atoms with E-state index in [4.69, 9.17) is 4.74 Å². The van der Waals surface area contributed by atoms with E-state index in [1.165, 1.54) is 0 Å². The maximum Gasteiger partial charge on any atom is 0.237 e. The number of benzene rings is 1. The smallest absolute Gasteiger partial charge is 0.237 e. The molecule has 0 saturated carbocycles. The Hall–Kier alpha value is -1.63. The third kappa shape index (κ3) is 5.00. The molecule has 1 aromatic rings. The van der Waals surface area contributed by atoms with Crippen molar-refractivity contribution in [2.45, 2.75) is 31.6 Å². The van der Waals surface area contributed by atoms with Crippen molar-refractivity contribution in [3.05, 3.63) is 29.8 Å². The van der Waals surface area contributed by atoms with Gasteiger partial charge in [0.25, 0.3) is 0 Å². The first-order valence-corrected chi connectivity index (χ1v) is 7.11. The summed E-state index contributed by atoms with van der Waals surface area (Å²) >= 11 is 0. The van der Waals surface area contributed by atoms with Gasteiger partial charge in [-0.25, -0.2) is 0 Å². The van der Waals surface area contributed by atoms with Crippen LogP contribution in [0.15, 0.2) is 24.3 Å². The quantitative estimate of drug-likeness (QED) is 0.572. The molecule has 21 heavy (non-hydrogen) atoms. The Balaban J connectivity index is 1.67. The number of hydrogen-bond acceptors (Lipinski definition) is 5. The molecule has 0 bridgehead atoms. The Morgan fingerprint density at radius 2 is 2.38 bits per heavy atom. The normalized spacial score (nSPS) is 22.8. The van der Waals surface area contributed by atoms with E-state index in [1.807, 2.05) is 31.2 Å². The number of rotatable bonds is 6. The van der Waals surface area contributed by atoms with Crippen molar-refractivity contribution >= 4 is 5.91 Å². The van der Waals surface area contributed by atoms with Gasteiger partial charge in [-0.2, -0.15) is 0 Å². The first kappa shape index (κ1) is 15.8. The van der Waals surface area contributed by atoms with E-state index >= 15 is 0 Å². The number of aryl methyl sites for hydroxylation is 1. The zero-order valence-corrected chi connectivity index (χ0v) is 12.1. The maximum absolute atomic E-state index is 11.8. The van der Waals surface area contributed by atoms with E-state index in [0.717, 1.165) is 5.56 Å². The van der Waals surface area contributed by atoms with Gasteiger partial charge in [-0.15, -0.1) is 0 Å². The Kier molecular flexibility index (Phi) is 5.55. The molecular weight excluding hydrogens is 272 g/mol. The van der Waals surface area contributed by atoms with Crippen molar-refractivity contribution in [2.75, 3.05) is 19.7 Å². The molecule has 1 saturated heterocycles. The van der Waals surface area contributed by atoms with Gasteiger partial charge in [0.15, 0.2) is 0 Å². The molecule has 0 spiro atoms. The van der Waals surface area contributed by atoms with Crippen molar-refractivity contribution in [2.24, 2.45) is 0 Å². The first-order chi connectivity index (χ1) is 10.0. The molecule has 6 heteroatoms. The molecule has 0 aliphatic carbocycles. The molecule has 1 amide bonds. The summed E-state index contributed by atoms with van der Waals surface area (Å²) in [5, 5.41) is 24.7. The van der Waals surface area contributed by atoms with Crippen molar-refractivity contribution in [3.63, 3.8) is 0 Å². The van der Waals surface area contributed by atoms with E-state index in [0.29, 0.717) is 18.7 Å². The highest BCUT2D eigenvalue weighted by atomic mass is 16.5. The molecule has 4 N–H and O–H groups in total. The van der Waals surface area contributed by atoms with Crippen LogP contribution in [0.4, 0.5) is 0 Å². The van der Waals surface area contributed by atoms with Crippen LogP contribution < -0.4 is 15.4 Å². The molecular formula is C15H22N2O4. The third-order valence-corrected chi connectivity index (χ3v) is 3.37. The number of aliphatic hydroxyl groups is 2. The van der Waals surface area contributed by atoms with Crippen molar-refractivity contribution in [1.29, 1.82) is 0 Å². The Labute approximate surface area is 124 Å². The van der Waals surface area contributed by atoms with E-state index in [9.17, 15) is 15.0 Å². The van der Waals surface area contributed by atoms with Crippen LogP contribution in [0.2, 0.25) is 0 Å². The molecule has 1 aliphatic heterocycles. The molecule has 1 fully saturated rings. The van der Waals surface area contributed by atoms with Gasteiger partial charge in [0, 0.05) is 13.1 Å². The molecule has 0 aromatic heterocycles. The zero-order valence-electron chi connectivity index (χ0n) is 12.1. The second kappa shape index (κ2) is 7.40. The third-order valence-electron chi connectivity index (χ3n) is 3.37. The zero-order chi connectivity index (χ0) is 15.2. The fourth-order valence-corrected chi connectivity index (χ4v) is 2.21. The molecule has 0 radical (unpaired) electrons. The van der Waals surface area contributed by atoms with E-state index in [2.05, 4.69) is 10.6 Å². The summed E-state index contributed by atoms with van der Waals surface area (Å²) in [5.41, 5.74) is 1.08. The van der Waals surface area contributed by atoms with E-state index < -0.39 is 12.2 Å². The Morgan fingerprint density at radius 1 is 1.57 bits per heavy atom. The monoisotopic (exact) mass is 294 g/mol. The molecule has 116 valence electrons. The summed E-state index contributed by atoms with van der Waals surface area (Å²) in [4.78, 5) is 11.8. The lowest BCUT2D eigenvalue weighted by molar-refractivity contribution is -0.123. The van der Waals surface area contributed by atoms with Gasteiger partial charge < -0.3 is 25.6 Å². The molecule has 1 aliphatic rings. The lowest BCUT2D eigenvalue weighted by atomic mass is 10.2. The van der Waals surface area contributed by atoms with Crippen LogP contribution in [0.25, 0.3) is 0 Å². The van der Waals surface area contributed by atoms with Gasteiger partial charge in [-0.3, -0.25) is 4.79 Å². The summed E-state index contributed by atoms with van der Waals surface area (Å²) in [7, 11) is 0. The van der Waals surface area contributed by atoms with Crippen LogP contribution in [-0.4, -0.2) is 54.1 Å². The van der Waals surface area contributed by atoms with E-state index in [-0.39, 0.29) is 25.1 Å². The highest BCUT2D eigenvalue weighted by Gasteiger charge is 2.27. The minimum Gasteiger partial charge on any atom is -0.491 e. The topological polar surface area (TPSA) is 90.8 Å². The minimum atomic E-state index is -0.777. The maximum atomic E-state index is 11.8. The second-order valence-corrected chi connectivity index (χ2v) is 5.38. The largest absolute Gasteiger partial charge is 0.491 e. The first-order valence-electron chi connectivity index (χ1n) is 7.11. The standard InChI is InChI=1S/C15H22N2O4/c1-10-3-2-4-13(5-10)21-9-12(19)8-17-15(20)14-6-11(18)7-16-14/h2-5,11-12,14,16,18-19H,6-9H2,1H3,(H,17,20)/t11-,12-,14+/m1/s1. The fraction of sp³-hybridized carbons (Fsp3) is 0.533. The highest BCUT2D eigenvalue weighted by molar-refractivity contribution is 5.82. The minimum absolute atomic E-state index is 0.116. The number of β-amino-alcohol motifs (C(OH)–C–C–N with tert-alkyl or cyclic N) is 1. The molecule has 1 aromatic carbocycles. The van der Waals surface area contributed by atoms with Crippen molar-refractivity contribution in [3.8, 4) is 5.75 Å². The fourth-order valence-electron chi connectivity index (χ4n) is 2.21. The Morgan fingerprint density at radius 3 is 3.05 bits per heavy atom. The summed E-state index contributed by atoms with van der Waals surface area (Å²) in [5.74, 6) is 0.488. The average Bonchev–Trinajstić information content (AvgIpc) is 2.89. The lowest BCUT2D eigenvalue weighted by Crippen LogP contribution is -2.44. The van der Waals surface area contributed by atoms with Gasteiger partial charge in [0.2, 0.25) is 5.91 Å². The number of ether oxygens (including phenoxy) is 1. The SMILES string of the molecule is Cc1cccc(OC[C@H](O)CNC(=O)[C@@H]2C[C@@H](O)CN2)c1.